The van der Waals surface area contributed by atoms with Gasteiger partial charge < -0.3 is 9.84 Å². The fourth-order valence-corrected chi connectivity index (χ4v) is 2.92. The number of pyridine rings is 1. The van der Waals surface area contributed by atoms with Gasteiger partial charge in [0.25, 0.3) is 0 Å². The number of aryl methyl sites for hydroxylation is 1. The van der Waals surface area contributed by atoms with Crippen LogP contribution in [-0.2, 0) is 17.8 Å². The summed E-state index contributed by atoms with van der Waals surface area (Å²) in [5, 5.41) is 6.87. The van der Waals surface area contributed by atoms with Crippen molar-refractivity contribution in [3.05, 3.63) is 90.6 Å². The first-order chi connectivity index (χ1) is 14.3. The number of carbonyl (C=O) groups excluding carboxylic acids is 1. The highest BCUT2D eigenvalue weighted by Crippen LogP contribution is 2.23. The van der Waals surface area contributed by atoms with E-state index < -0.39 is 0 Å². The molecular weight excluding hydrogens is 364 g/mol. The molecule has 2 aromatic carbocycles. The number of nitrogens with zero attached hydrogens (tertiary/aromatic N) is 3. The molecule has 0 unspecified atom stereocenters. The maximum Gasteiger partial charge on any atom is 0.227 e. The molecule has 0 saturated carbocycles. The number of hydrogen-bond donors (Lipinski definition) is 1. The lowest BCUT2D eigenvalue weighted by Crippen LogP contribution is -2.23. The molecule has 1 N–H and O–H groups in total. The van der Waals surface area contributed by atoms with Gasteiger partial charge in [-0.05, 0) is 23.3 Å². The molecule has 0 bridgehead atoms. The van der Waals surface area contributed by atoms with Gasteiger partial charge >= 0.3 is 0 Å². The van der Waals surface area contributed by atoms with Crippen molar-refractivity contribution in [1.29, 1.82) is 0 Å². The van der Waals surface area contributed by atoms with Crippen molar-refractivity contribution in [2.24, 2.45) is 0 Å². The monoisotopic (exact) mass is 384 g/mol. The van der Waals surface area contributed by atoms with Gasteiger partial charge in [-0.2, -0.15) is 4.98 Å². The normalized spacial score (nSPS) is 10.6. The summed E-state index contributed by atoms with van der Waals surface area (Å²) >= 11 is 0. The number of aromatic nitrogens is 3. The average molecular weight is 384 g/mol. The third-order valence-corrected chi connectivity index (χ3v) is 4.48. The number of nitrogens with one attached hydrogen (secondary N) is 1. The van der Waals surface area contributed by atoms with Crippen LogP contribution in [0, 0.1) is 0 Å². The van der Waals surface area contributed by atoms with Crippen LogP contribution in [0.25, 0.3) is 22.5 Å². The van der Waals surface area contributed by atoms with Crippen LogP contribution in [-0.4, -0.2) is 21.0 Å². The van der Waals surface area contributed by atoms with Crippen molar-refractivity contribution in [2.75, 3.05) is 0 Å². The van der Waals surface area contributed by atoms with E-state index in [-0.39, 0.29) is 12.3 Å². The first-order valence-corrected chi connectivity index (χ1v) is 9.43. The molecule has 0 aliphatic carbocycles. The molecule has 29 heavy (non-hydrogen) atoms. The Kier molecular flexibility index (Phi) is 5.71. The Labute approximate surface area is 168 Å². The van der Waals surface area contributed by atoms with Gasteiger partial charge in [0.05, 0.1) is 12.2 Å². The minimum absolute atomic E-state index is 0.0809. The smallest absolute Gasteiger partial charge is 0.227 e. The zero-order valence-corrected chi connectivity index (χ0v) is 15.8. The average Bonchev–Trinajstić information content (AvgIpc) is 3.27. The molecule has 6 nitrogen and oxygen atoms in total. The Hall–Kier alpha value is -3.80. The van der Waals surface area contributed by atoms with Crippen LogP contribution in [0.4, 0.5) is 0 Å². The van der Waals surface area contributed by atoms with Crippen LogP contribution in [0.2, 0.25) is 0 Å². The first-order valence-electron chi connectivity index (χ1n) is 9.43. The summed E-state index contributed by atoms with van der Waals surface area (Å²) in [6.45, 7) is 0.405. The minimum Gasteiger partial charge on any atom is -0.350 e. The van der Waals surface area contributed by atoms with Crippen molar-refractivity contribution in [3.63, 3.8) is 0 Å². The molecule has 6 heteroatoms. The van der Waals surface area contributed by atoms with Crippen molar-refractivity contribution >= 4 is 5.91 Å². The van der Waals surface area contributed by atoms with Crippen molar-refractivity contribution in [3.8, 4) is 22.5 Å². The van der Waals surface area contributed by atoms with Crippen molar-refractivity contribution < 1.29 is 9.32 Å². The highest BCUT2D eigenvalue weighted by atomic mass is 16.5. The van der Waals surface area contributed by atoms with Gasteiger partial charge in [-0.3, -0.25) is 9.78 Å². The maximum atomic E-state index is 12.0. The zero-order chi connectivity index (χ0) is 19.9. The predicted molar refractivity (Wildman–Crippen MR) is 110 cm³/mol. The molecule has 144 valence electrons. The molecule has 1 amide bonds. The summed E-state index contributed by atoms with van der Waals surface area (Å²) in [7, 11) is 0. The Morgan fingerprint density at radius 1 is 0.862 bits per heavy atom. The van der Waals surface area contributed by atoms with E-state index in [4.69, 9.17) is 4.52 Å². The van der Waals surface area contributed by atoms with Gasteiger partial charge in [0.2, 0.25) is 17.6 Å². The maximum absolute atomic E-state index is 12.0. The van der Waals surface area contributed by atoms with Gasteiger partial charge in [-0.25, -0.2) is 0 Å². The molecule has 4 rings (SSSR count). The van der Waals surface area contributed by atoms with Gasteiger partial charge in [0, 0.05) is 24.6 Å². The molecule has 0 aliphatic rings. The number of carbonyl (C=O) groups is 1. The van der Waals surface area contributed by atoms with E-state index in [1.54, 1.807) is 6.20 Å². The SMILES string of the molecule is O=C(CCc1nc(-c2ccc(-c3ccccc3)cc2)no1)NCc1ccccn1. The molecule has 0 atom stereocenters. The van der Waals surface area contributed by atoms with E-state index in [9.17, 15) is 4.79 Å². The van der Waals surface area contributed by atoms with E-state index in [2.05, 4.69) is 32.6 Å². The molecule has 0 aliphatic heterocycles. The highest BCUT2D eigenvalue weighted by Gasteiger charge is 2.11. The summed E-state index contributed by atoms with van der Waals surface area (Å²) in [6, 6.07) is 23.8. The van der Waals surface area contributed by atoms with Crippen LogP contribution in [0.1, 0.15) is 18.0 Å². The summed E-state index contributed by atoms with van der Waals surface area (Å²) < 4.78 is 5.29. The van der Waals surface area contributed by atoms with Crippen LogP contribution < -0.4 is 5.32 Å². The van der Waals surface area contributed by atoms with Crippen LogP contribution in [0.15, 0.2) is 83.5 Å². The topological polar surface area (TPSA) is 80.9 Å². The van der Waals surface area contributed by atoms with E-state index >= 15 is 0 Å². The fraction of sp³-hybridized carbons (Fsp3) is 0.130. The molecule has 0 spiro atoms. The Morgan fingerprint density at radius 3 is 2.34 bits per heavy atom. The van der Waals surface area contributed by atoms with E-state index in [0.29, 0.717) is 24.7 Å². The summed E-state index contributed by atoms with van der Waals surface area (Å²) in [4.78, 5) is 20.6. The molecule has 0 radical (unpaired) electrons. The molecular formula is C23H20N4O2. The largest absolute Gasteiger partial charge is 0.350 e. The lowest BCUT2D eigenvalue weighted by atomic mass is 10.0. The summed E-state index contributed by atoms with van der Waals surface area (Å²) in [5.41, 5.74) is 3.98. The Bertz CT molecular complexity index is 1060. The Morgan fingerprint density at radius 2 is 1.59 bits per heavy atom. The third-order valence-electron chi connectivity index (χ3n) is 4.48. The quantitative estimate of drug-likeness (QED) is 0.520. The lowest BCUT2D eigenvalue weighted by Gasteiger charge is -2.03. The van der Waals surface area contributed by atoms with E-state index in [1.165, 1.54) is 0 Å². The molecule has 2 heterocycles. The standard InChI is InChI=1S/C23H20N4O2/c28-21(25-16-20-8-4-5-15-24-20)13-14-22-26-23(27-29-22)19-11-9-18(10-12-19)17-6-2-1-3-7-17/h1-12,15H,13-14,16H2,(H,25,28). The Balaban J connectivity index is 1.32. The predicted octanol–water partition coefficient (Wildman–Crippen LogP) is 4.05. The molecule has 0 fully saturated rings. The van der Waals surface area contributed by atoms with Crippen LogP contribution in [0.5, 0.6) is 0 Å². The summed E-state index contributed by atoms with van der Waals surface area (Å²) in [5.74, 6) is 0.885. The zero-order valence-electron chi connectivity index (χ0n) is 15.8. The number of rotatable bonds is 7. The third kappa shape index (κ3) is 4.93. The summed E-state index contributed by atoms with van der Waals surface area (Å²) in [6.07, 6.45) is 2.37. The molecule has 2 aromatic heterocycles. The number of amides is 1. The lowest BCUT2D eigenvalue weighted by molar-refractivity contribution is -0.121. The van der Waals surface area contributed by atoms with E-state index in [1.807, 2.05) is 60.7 Å². The van der Waals surface area contributed by atoms with Crippen LogP contribution in [0.3, 0.4) is 0 Å². The second kappa shape index (κ2) is 8.93. The molecule has 4 aromatic rings. The first kappa shape index (κ1) is 18.6. The fourth-order valence-electron chi connectivity index (χ4n) is 2.92. The van der Waals surface area contributed by atoms with Crippen molar-refractivity contribution in [1.82, 2.24) is 20.4 Å². The second-order valence-electron chi connectivity index (χ2n) is 6.55. The van der Waals surface area contributed by atoms with Gasteiger partial charge in [0.1, 0.15) is 0 Å². The second-order valence-corrected chi connectivity index (χ2v) is 6.55. The van der Waals surface area contributed by atoms with Gasteiger partial charge in [-0.15, -0.1) is 0 Å². The highest BCUT2D eigenvalue weighted by molar-refractivity contribution is 5.76. The van der Waals surface area contributed by atoms with E-state index in [0.717, 1.165) is 22.4 Å². The number of hydrogen-bond acceptors (Lipinski definition) is 5. The minimum atomic E-state index is -0.0809. The van der Waals surface area contributed by atoms with Crippen LogP contribution >= 0.6 is 0 Å². The number of benzene rings is 2. The van der Waals surface area contributed by atoms with Gasteiger partial charge in [0.15, 0.2) is 0 Å². The van der Waals surface area contributed by atoms with Gasteiger partial charge in [-0.1, -0.05) is 65.8 Å². The van der Waals surface area contributed by atoms with Crippen molar-refractivity contribution in [2.45, 2.75) is 19.4 Å². The molecule has 0 saturated heterocycles.